The number of hydrogen-bond acceptors (Lipinski definition) is 13. The third-order valence-electron chi connectivity index (χ3n) is 8.08. The van der Waals surface area contributed by atoms with Gasteiger partial charge in [0.2, 0.25) is 0 Å². The molecule has 0 aliphatic heterocycles. The number of hydrogen-bond donors (Lipinski definition) is 2. The fourth-order valence-electron chi connectivity index (χ4n) is 5.06. The van der Waals surface area contributed by atoms with Gasteiger partial charge in [-0.1, -0.05) is 0 Å². The van der Waals surface area contributed by atoms with E-state index in [0.717, 1.165) is 24.3 Å². The second kappa shape index (κ2) is 23.0. The van der Waals surface area contributed by atoms with Crippen LogP contribution in [-0.4, -0.2) is 69.2 Å². The summed E-state index contributed by atoms with van der Waals surface area (Å²) in [5.41, 5.74) is -0.979. The molecule has 2 N–H and O–H groups in total. The summed E-state index contributed by atoms with van der Waals surface area (Å²) in [4.78, 5) is 31.4. The third-order valence-corrected chi connectivity index (χ3v) is 11.5. The summed E-state index contributed by atoms with van der Waals surface area (Å²) in [6.07, 6.45) is 0. The van der Waals surface area contributed by atoms with Crippen LogP contribution >= 0.6 is 0 Å². The molecule has 0 unspecified atom stereocenters. The van der Waals surface area contributed by atoms with Crippen LogP contribution in [0.4, 0.5) is 26.3 Å². The molecule has 0 aromatic heterocycles. The Morgan fingerprint density at radius 3 is 0.773 bits per heavy atom. The molecule has 6 aromatic rings. The van der Waals surface area contributed by atoms with Crippen LogP contribution < -0.4 is 59.1 Å². The summed E-state index contributed by atoms with van der Waals surface area (Å²) >= 11 is 0. The van der Waals surface area contributed by atoms with E-state index in [0.29, 0.717) is 59.7 Å². The smallest absolute Gasteiger partial charge is 0.744 e. The molecule has 0 bridgehead atoms. The van der Waals surface area contributed by atoms with Crippen molar-refractivity contribution in [2.75, 3.05) is 0 Å². The maximum Gasteiger partial charge on any atom is 1.00 e. The summed E-state index contributed by atoms with van der Waals surface area (Å²) in [5.74, 6) is -8.40. The Bertz CT molecular complexity index is 2900. The summed E-state index contributed by atoms with van der Waals surface area (Å²) in [7, 11) is -20.3. The number of benzene rings is 6. The average molecular weight is 1020 g/mol. The molecule has 0 fully saturated rings. The van der Waals surface area contributed by atoms with Crippen LogP contribution in [0.1, 0.15) is 47.8 Å². The molecular weight excluding hydrogens is 997 g/mol. The fraction of sp³-hybridized carbons (Fsp3) is 0. The van der Waals surface area contributed by atoms with Gasteiger partial charge in [0.25, 0.3) is 20.2 Å². The van der Waals surface area contributed by atoms with Gasteiger partial charge in [0, 0.05) is 33.4 Å². The van der Waals surface area contributed by atoms with Gasteiger partial charge in [0.05, 0.1) is 9.79 Å². The molecule has 0 saturated carbocycles. The van der Waals surface area contributed by atoms with Crippen molar-refractivity contribution in [2.24, 2.45) is 0 Å². The van der Waals surface area contributed by atoms with Crippen molar-refractivity contribution in [3.8, 4) is 0 Å². The Hall–Kier alpha value is -4.45. The number of halogens is 6. The molecule has 0 aliphatic carbocycles. The predicted octanol–water partition coefficient (Wildman–Crippen LogP) is -0.103. The van der Waals surface area contributed by atoms with Gasteiger partial charge in [-0.2, -0.15) is 16.8 Å². The van der Waals surface area contributed by atoms with E-state index in [9.17, 15) is 83.5 Å². The molecule has 0 aliphatic rings. The van der Waals surface area contributed by atoms with Gasteiger partial charge in [0.15, 0.2) is 17.3 Å². The Labute approximate surface area is 415 Å². The van der Waals surface area contributed by atoms with E-state index < -0.39 is 129 Å². The molecule has 66 heavy (non-hydrogen) atoms. The molecule has 6 aromatic carbocycles. The molecule has 27 heteroatoms. The van der Waals surface area contributed by atoms with Crippen molar-refractivity contribution in [1.82, 2.24) is 0 Å². The minimum Gasteiger partial charge on any atom is -0.744 e. The molecule has 0 radical (unpaired) electrons. The van der Waals surface area contributed by atoms with Crippen molar-refractivity contribution in [2.45, 2.75) is 19.6 Å². The average Bonchev–Trinajstić information content (AvgIpc) is 3.20. The van der Waals surface area contributed by atoms with E-state index in [4.69, 9.17) is 9.11 Å². The van der Waals surface area contributed by atoms with Crippen molar-refractivity contribution in [3.05, 3.63) is 190 Å². The van der Waals surface area contributed by atoms with E-state index in [2.05, 4.69) is 0 Å². The molecule has 0 amide bonds. The Balaban J connectivity index is 0.000000342. The number of carbonyl (C=O) groups is 3. The molecule has 6 rings (SSSR count). The molecule has 336 valence electrons. The first-order chi connectivity index (χ1) is 29.5. The SMILES string of the molecule is O=C(c1ccc(F)c(S(=O)(=O)O)c1)c1ccc(F)c(S(=O)(=O)O)c1.O=C(c1ccc(F)c(S(=O)(=O)[O-])c1)c1ccc(F)c(S(=O)(=O)[O-])c1.O=C(c1ccc(F)cc1)c1ccc(F)cc1.[Na+].[Na+]. The van der Waals surface area contributed by atoms with Gasteiger partial charge in [-0.3, -0.25) is 23.5 Å². The molecular formula is C39H22F6Na2O15S4. The first kappa shape index (κ1) is 57.7. The first-order valence-electron chi connectivity index (χ1n) is 16.7. The van der Waals surface area contributed by atoms with E-state index in [1.165, 1.54) is 48.5 Å². The van der Waals surface area contributed by atoms with Gasteiger partial charge in [0.1, 0.15) is 64.9 Å². The van der Waals surface area contributed by atoms with Crippen molar-refractivity contribution in [1.29, 1.82) is 0 Å². The number of ketones is 3. The Morgan fingerprint density at radius 2 is 0.545 bits per heavy atom. The first-order valence-corrected chi connectivity index (χ1v) is 22.4. The standard InChI is InChI=1S/2C13H8F2O7S2.C13H8F2O.2Na/c2*14-9-3-1-7(5-11(9)23(17,18)19)13(16)8-2-4-10(15)12(6-8)24(20,21)22;14-11-5-1-9(2-6-11)13(16)10-3-7-12(15)8-4-10;;/h2*1-6H,(H,17,18,19)(H,20,21,22);1-8H;;/q;;;2*+1/p-2. The number of rotatable bonds is 10. The molecule has 0 saturated heterocycles. The second-order valence-electron chi connectivity index (χ2n) is 12.4. The van der Waals surface area contributed by atoms with Crippen LogP contribution in [0, 0.1) is 34.9 Å². The van der Waals surface area contributed by atoms with Crippen molar-refractivity contribution >= 4 is 57.8 Å². The van der Waals surface area contributed by atoms with Crippen molar-refractivity contribution < 1.29 is 152 Å². The zero-order chi connectivity index (χ0) is 48.1. The van der Waals surface area contributed by atoms with Gasteiger partial charge in [-0.15, -0.1) is 0 Å². The largest absolute Gasteiger partial charge is 1.00 e. The van der Waals surface area contributed by atoms with E-state index >= 15 is 0 Å². The molecule has 0 heterocycles. The van der Waals surface area contributed by atoms with Gasteiger partial charge < -0.3 is 9.11 Å². The minimum atomic E-state index is -5.19. The zero-order valence-electron chi connectivity index (χ0n) is 33.1. The summed E-state index contributed by atoms with van der Waals surface area (Å²) in [5, 5.41) is 0. The van der Waals surface area contributed by atoms with Crippen LogP contribution in [0.15, 0.2) is 141 Å². The summed E-state index contributed by atoms with van der Waals surface area (Å²) in [6, 6.07) is 18.3. The van der Waals surface area contributed by atoms with Crippen LogP contribution in [-0.2, 0) is 40.5 Å². The normalized spacial score (nSPS) is 11.3. The van der Waals surface area contributed by atoms with Gasteiger partial charge in [-0.25, -0.2) is 43.2 Å². The zero-order valence-corrected chi connectivity index (χ0v) is 40.4. The van der Waals surface area contributed by atoms with Crippen LogP contribution in [0.25, 0.3) is 0 Å². The fourth-order valence-corrected chi connectivity index (χ4v) is 7.40. The number of carbonyl (C=O) groups excluding carboxylic acids is 3. The summed E-state index contributed by atoms with van der Waals surface area (Å²) < 4.78 is 206. The minimum absolute atomic E-state index is 0. The Kier molecular flexibility index (Phi) is 20.1. The topological polar surface area (TPSA) is 274 Å². The molecule has 0 atom stereocenters. The maximum absolute atomic E-state index is 13.4. The van der Waals surface area contributed by atoms with Crippen LogP contribution in [0.5, 0.6) is 0 Å². The molecule has 0 spiro atoms. The van der Waals surface area contributed by atoms with Crippen LogP contribution in [0.3, 0.4) is 0 Å². The maximum atomic E-state index is 13.4. The van der Waals surface area contributed by atoms with E-state index in [1.54, 1.807) is 0 Å². The molecule has 15 nitrogen and oxygen atoms in total. The summed E-state index contributed by atoms with van der Waals surface area (Å²) in [6.45, 7) is 0. The quantitative estimate of drug-likeness (QED) is 0.0785. The second-order valence-corrected chi connectivity index (χ2v) is 17.9. The monoisotopic (exact) mass is 1020 g/mol. The van der Waals surface area contributed by atoms with E-state index in [1.807, 2.05) is 0 Å². The van der Waals surface area contributed by atoms with Crippen molar-refractivity contribution in [3.63, 3.8) is 0 Å². The van der Waals surface area contributed by atoms with Gasteiger partial charge in [-0.05, 0) is 121 Å². The third kappa shape index (κ3) is 15.3. The van der Waals surface area contributed by atoms with Gasteiger partial charge >= 0.3 is 59.1 Å². The van der Waals surface area contributed by atoms with Crippen LogP contribution in [0.2, 0.25) is 0 Å². The predicted molar refractivity (Wildman–Crippen MR) is 204 cm³/mol. The Morgan fingerprint density at radius 1 is 0.348 bits per heavy atom. The van der Waals surface area contributed by atoms with E-state index in [-0.39, 0.29) is 64.9 Å².